The highest BCUT2D eigenvalue weighted by atomic mass is 32.1. The molecule has 0 aliphatic rings. The number of amides is 2. The van der Waals surface area contributed by atoms with Gasteiger partial charge >= 0.3 is 0 Å². The van der Waals surface area contributed by atoms with Crippen LogP contribution in [0.3, 0.4) is 0 Å². The summed E-state index contributed by atoms with van der Waals surface area (Å²) in [6, 6.07) is 14.8. The Hall–Kier alpha value is -3.45. The van der Waals surface area contributed by atoms with Crippen LogP contribution in [0.2, 0.25) is 0 Å². The van der Waals surface area contributed by atoms with Crippen molar-refractivity contribution in [2.24, 2.45) is 0 Å². The standard InChI is InChI=1S/C23H22N4O2S/c1-23(2,3)16-7-4-14(5-8-16)21(28)26-18-10-11-30-20(18)22(29)25-17-9-6-15-13-24-27-19(15)12-17/h4-13H,1-3H3,(H,24,27)(H,25,29)(H,26,28). The molecule has 0 aliphatic carbocycles. The first kappa shape index (κ1) is 19.8. The highest BCUT2D eigenvalue weighted by Crippen LogP contribution is 2.26. The lowest BCUT2D eigenvalue weighted by molar-refractivity contribution is 0.102. The lowest BCUT2D eigenvalue weighted by Gasteiger charge is -2.19. The van der Waals surface area contributed by atoms with Crippen LogP contribution in [0, 0.1) is 0 Å². The Balaban J connectivity index is 1.48. The van der Waals surface area contributed by atoms with Crippen LogP contribution in [0.25, 0.3) is 10.9 Å². The molecule has 7 heteroatoms. The molecule has 2 heterocycles. The number of H-pyrrole nitrogens is 1. The predicted octanol–water partition coefficient (Wildman–Crippen LogP) is 5.43. The molecule has 6 nitrogen and oxygen atoms in total. The molecular formula is C23H22N4O2S. The van der Waals surface area contributed by atoms with Crippen molar-refractivity contribution in [3.63, 3.8) is 0 Å². The summed E-state index contributed by atoms with van der Waals surface area (Å²) in [5, 5.41) is 15.3. The molecule has 0 radical (unpaired) electrons. The smallest absolute Gasteiger partial charge is 0.267 e. The number of fused-ring (bicyclic) bond motifs is 1. The molecule has 2 aromatic carbocycles. The summed E-state index contributed by atoms with van der Waals surface area (Å²) < 4.78 is 0. The van der Waals surface area contributed by atoms with E-state index >= 15 is 0 Å². The minimum absolute atomic E-state index is 0.0207. The second-order valence-electron chi connectivity index (χ2n) is 8.07. The van der Waals surface area contributed by atoms with Crippen molar-refractivity contribution < 1.29 is 9.59 Å². The van der Waals surface area contributed by atoms with Gasteiger partial charge in [0, 0.05) is 16.6 Å². The fourth-order valence-electron chi connectivity index (χ4n) is 3.10. The van der Waals surface area contributed by atoms with Gasteiger partial charge in [-0.2, -0.15) is 5.10 Å². The van der Waals surface area contributed by atoms with Crippen LogP contribution in [0.4, 0.5) is 11.4 Å². The van der Waals surface area contributed by atoms with Crippen molar-refractivity contribution >= 4 is 45.4 Å². The fraction of sp³-hybridized carbons (Fsp3) is 0.174. The Morgan fingerprint density at radius 1 is 0.967 bits per heavy atom. The Labute approximate surface area is 178 Å². The van der Waals surface area contributed by atoms with E-state index in [-0.39, 0.29) is 17.2 Å². The molecule has 0 fully saturated rings. The van der Waals surface area contributed by atoms with Gasteiger partial charge in [-0.05, 0) is 52.8 Å². The first-order valence-corrected chi connectivity index (χ1v) is 10.4. The molecule has 0 atom stereocenters. The third-order valence-electron chi connectivity index (χ3n) is 4.83. The Morgan fingerprint density at radius 3 is 2.47 bits per heavy atom. The normalized spacial score (nSPS) is 11.4. The monoisotopic (exact) mass is 418 g/mol. The van der Waals surface area contributed by atoms with Crippen LogP contribution in [0.15, 0.2) is 60.1 Å². The summed E-state index contributed by atoms with van der Waals surface area (Å²) in [6.45, 7) is 6.38. The number of thiophene rings is 1. The van der Waals surface area contributed by atoms with Crippen LogP contribution < -0.4 is 10.6 Å². The molecule has 0 aliphatic heterocycles. The van der Waals surface area contributed by atoms with E-state index in [2.05, 4.69) is 41.6 Å². The minimum Gasteiger partial charge on any atom is -0.321 e. The van der Waals surface area contributed by atoms with Gasteiger partial charge in [-0.3, -0.25) is 14.7 Å². The molecule has 0 saturated carbocycles. The van der Waals surface area contributed by atoms with Gasteiger partial charge < -0.3 is 10.6 Å². The molecule has 2 amide bonds. The topological polar surface area (TPSA) is 86.9 Å². The largest absolute Gasteiger partial charge is 0.321 e. The van der Waals surface area contributed by atoms with Crippen molar-refractivity contribution in [2.45, 2.75) is 26.2 Å². The van der Waals surface area contributed by atoms with E-state index in [4.69, 9.17) is 0 Å². The highest BCUT2D eigenvalue weighted by Gasteiger charge is 2.18. The number of carbonyl (C=O) groups excluding carboxylic acids is 2. The van der Waals surface area contributed by atoms with Crippen LogP contribution in [0.1, 0.15) is 46.4 Å². The fourth-order valence-corrected chi connectivity index (χ4v) is 3.85. The van der Waals surface area contributed by atoms with Gasteiger partial charge in [-0.15, -0.1) is 11.3 Å². The second-order valence-corrected chi connectivity index (χ2v) is 8.99. The van der Waals surface area contributed by atoms with E-state index in [1.807, 2.05) is 42.5 Å². The molecule has 0 unspecified atom stereocenters. The van der Waals surface area contributed by atoms with Crippen molar-refractivity contribution in [1.29, 1.82) is 0 Å². The SMILES string of the molecule is CC(C)(C)c1ccc(C(=O)Nc2ccsc2C(=O)Nc2ccc3cn[nH]c3c2)cc1. The molecular weight excluding hydrogens is 396 g/mol. The molecule has 0 saturated heterocycles. The molecule has 0 bridgehead atoms. The van der Waals surface area contributed by atoms with Crippen molar-refractivity contribution in [3.05, 3.63) is 76.1 Å². The number of hydrogen-bond donors (Lipinski definition) is 3. The van der Waals surface area contributed by atoms with Gasteiger partial charge in [-0.25, -0.2) is 0 Å². The van der Waals surface area contributed by atoms with E-state index < -0.39 is 0 Å². The van der Waals surface area contributed by atoms with Crippen LogP contribution >= 0.6 is 11.3 Å². The van der Waals surface area contributed by atoms with Crippen molar-refractivity contribution in [1.82, 2.24) is 10.2 Å². The average Bonchev–Trinajstić information content (AvgIpc) is 3.36. The number of hydrogen-bond acceptors (Lipinski definition) is 4. The first-order chi connectivity index (χ1) is 14.3. The summed E-state index contributed by atoms with van der Waals surface area (Å²) in [4.78, 5) is 25.9. The molecule has 0 spiro atoms. The van der Waals surface area contributed by atoms with Crippen LogP contribution in [-0.2, 0) is 5.41 Å². The number of anilines is 2. The van der Waals surface area contributed by atoms with Gasteiger partial charge in [0.15, 0.2) is 0 Å². The van der Waals surface area contributed by atoms with E-state index in [9.17, 15) is 9.59 Å². The zero-order chi connectivity index (χ0) is 21.3. The maximum absolute atomic E-state index is 12.8. The van der Waals surface area contributed by atoms with Crippen LogP contribution in [-0.4, -0.2) is 22.0 Å². The summed E-state index contributed by atoms with van der Waals surface area (Å²) in [5.74, 6) is -0.524. The third-order valence-corrected chi connectivity index (χ3v) is 5.75. The van der Waals surface area contributed by atoms with Gasteiger partial charge in [0.2, 0.25) is 0 Å². The number of aromatic nitrogens is 2. The van der Waals surface area contributed by atoms with E-state index in [0.29, 0.717) is 21.8 Å². The van der Waals surface area contributed by atoms with Gasteiger partial charge in [0.05, 0.1) is 17.4 Å². The molecule has 2 aromatic heterocycles. The van der Waals surface area contributed by atoms with Crippen molar-refractivity contribution in [2.75, 3.05) is 10.6 Å². The lowest BCUT2D eigenvalue weighted by Crippen LogP contribution is -2.17. The quantitative estimate of drug-likeness (QED) is 0.413. The molecule has 3 N–H and O–H groups in total. The minimum atomic E-state index is -0.276. The lowest BCUT2D eigenvalue weighted by atomic mass is 9.87. The Kier molecular flexibility index (Phi) is 5.13. The summed E-state index contributed by atoms with van der Waals surface area (Å²) in [5.41, 5.74) is 3.71. The summed E-state index contributed by atoms with van der Waals surface area (Å²) in [6.07, 6.45) is 1.72. The molecule has 4 rings (SSSR count). The zero-order valence-electron chi connectivity index (χ0n) is 16.9. The number of aromatic amines is 1. The van der Waals surface area contributed by atoms with E-state index in [0.717, 1.165) is 16.5 Å². The average molecular weight is 419 g/mol. The van der Waals surface area contributed by atoms with Crippen molar-refractivity contribution in [3.8, 4) is 0 Å². The Morgan fingerprint density at radius 2 is 1.73 bits per heavy atom. The zero-order valence-corrected chi connectivity index (χ0v) is 17.8. The maximum Gasteiger partial charge on any atom is 0.267 e. The number of nitrogens with one attached hydrogen (secondary N) is 3. The summed E-state index contributed by atoms with van der Waals surface area (Å²) >= 11 is 1.28. The van der Waals surface area contributed by atoms with E-state index in [1.165, 1.54) is 11.3 Å². The van der Waals surface area contributed by atoms with E-state index in [1.54, 1.807) is 17.6 Å². The number of nitrogens with zero attached hydrogens (tertiary/aromatic N) is 1. The summed E-state index contributed by atoms with van der Waals surface area (Å²) in [7, 11) is 0. The van der Waals surface area contributed by atoms with Crippen LogP contribution in [0.5, 0.6) is 0 Å². The Bertz CT molecular complexity index is 1220. The predicted molar refractivity (Wildman–Crippen MR) is 121 cm³/mol. The number of carbonyl (C=O) groups is 2. The number of benzene rings is 2. The third kappa shape index (κ3) is 4.11. The molecule has 4 aromatic rings. The first-order valence-electron chi connectivity index (χ1n) is 9.55. The molecule has 30 heavy (non-hydrogen) atoms. The second kappa shape index (κ2) is 7.76. The maximum atomic E-state index is 12.8. The van der Waals surface area contributed by atoms with Gasteiger partial charge in [-0.1, -0.05) is 32.9 Å². The molecule has 152 valence electrons. The highest BCUT2D eigenvalue weighted by molar-refractivity contribution is 7.12. The number of rotatable bonds is 4. The van der Waals surface area contributed by atoms with Gasteiger partial charge in [0.1, 0.15) is 4.88 Å². The van der Waals surface area contributed by atoms with Gasteiger partial charge in [0.25, 0.3) is 11.8 Å².